The lowest BCUT2D eigenvalue weighted by molar-refractivity contribution is -0.686. The Morgan fingerprint density at radius 3 is 2.23 bits per heavy atom. The van der Waals surface area contributed by atoms with Gasteiger partial charge in [-0.15, -0.1) is 0 Å². The summed E-state index contributed by atoms with van der Waals surface area (Å²) in [6, 6.07) is 22.5. The van der Waals surface area contributed by atoms with Gasteiger partial charge < -0.3 is 14.8 Å². The minimum absolute atomic E-state index is 0.234. The first-order chi connectivity index (χ1) is 12.7. The van der Waals surface area contributed by atoms with Crippen molar-refractivity contribution in [2.45, 2.75) is 19.7 Å². The second-order valence-corrected chi connectivity index (χ2v) is 6.07. The summed E-state index contributed by atoms with van der Waals surface area (Å²) in [6.07, 6.45) is 0. The molecule has 4 heteroatoms. The molecule has 0 saturated carbocycles. The van der Waals surface area contributed by atoms with Crippen LogP contribution in [0.3, 0.4) is 0 Å². The standard InChI is InChI=1S/C22H22FNO2/c1-25-21-12-8-17(9-13-21)14-24-15-19-4-2-3-5-22(19)26-16-18-6-10-20(23)11-7-18/h2-13,24H,14-16H2,1H3/p+1. The van der Waals surface area contributed by atoms with Crippen molar-refractivity contribution in [1.29, 1.82) is 0 Å². The first-order valence-corrected chi connectivity index (χ1v) is 8.64. The van der Waals surface area contributed by atoms with Gasteiger partial charge in [-0.25, -0.2) is 4.39 Å². The predicted molar refractivity (Wildman–Crippen MR) is 99.5 cm³/mol. The van der Waals surface area contributed by atoms with Crippen LogP contribution in [0.15, 0.2) is 72.8 Å². The lowest BCUT2D eigenvalue weighted by Crippen LogP contribution is -2.80. The maximum atomic E-state index is 13.0. The molecule has 0 unspecified atom stereocenters. The fraction of sp³-hybridized carbons (Fsp3) is 0.182. The van der Waals surface area contributed by atoms with E-state index < -0.39 is 0 Å². The van der Waals surface area contributed by atoms with Crippen LogP contribution in [0.1, 0.15) is 16.7 Å². The molecule has 0 saturated heterocycles. The highest BCUT2D eigenvalue weighted by Gasteiger charge is 2.06. The Morgan fingerprint density at radius 1 is 0.808 bits per heavy atom. The maximum absolute atomic E-state index is 13.0. The lowest BCUT2D eigenvalue weighted by Gasteiger charge is -2.11. The van der Waals surface area contributed by atoms with Gasteiger partial charge in [0.25, 0.3) is 0 Å². The molecule has 0 aliphatic carbocycles. The zero-order valence-corrected chi connectivity index (χ0v) is 14.8. The van der Waals surface area contributed by atoms with Gasteiger partial charge in [0.1, 0.15) is 37.0 Å². The minimum atomic E-state index is -0.234. The van der Waals surface area contributed by atoms with Gasteiger partial charge in [0.2, 0.25) is 0 Å². The van der Waals surface area contributed by atoms with E-state index in [4.69, 9.17) is 9.47 Å². The smallest absolute Gasteiger partial charge is 0.128 e. The van der Waals surface area contributed by atoms with Crippen LogP contribution in [-0.2, 0) is 19.7 Å². The van der Waals surface area contributed by atoms with Gasteiger partial charge in [0.05, 0.1) is 7.11 Å². The van der Waals surface area contributed by atoms with Crippen LogP contribution in [0.2, 0.25) is 0 Å². The molecule has 26 heavy (non-hydrogen) atoms. The quantitative estimate of drug-likeness (QED) is 0.671. The van der Waals surface area contributed by atoms with Crippen LogP contribution in [-0.4, -0.2) is 7.11 Å². The van der Waals surface area contributed by atoms with Gasteiger partial charge >= 0.3 is 0 Å². The Labute approximate surface area is 153 Å². The van der Waals surface area contributed by atoms with Crippen molar-refractivity contribution in [2.24, 2.45) is 0 Å². The van der Waals surface area contributed by atoms with E-state index in [1.165, 1.54) is 17.7 Å². The summed E-state index contributed by atoms with van der Waals surface area (Å²) in [5.41, 5.74) is 3.34. The highest BCUT2D eigenvalue weighted by atomic mass is 19.1. The van der Waals surface area contributed by atoms with Gasteiger partial charge in [-0.1, -0.05) is 24.3 Å². The fourth-order valence-corrected chi connectivity index (χ4v) is 2.71. The summed E-state index contributed by atoms with van der Waals surface area (Å²) in [5, 5.41) is 2.24. The molecule has 3 aromatic rings. The molecule has 0 aliphatic heterocycles. The highest BCUT2D eigenvalue weighted by molar-refractivity contribution is 5.33. The number of methoxy groups -OCH3 is 1. The molecular weight excluding hydrogens is 329 g/mol. The third kappa shape index (κ3) is 5.07. The molecule has 3 aromatic carbocycles. The van der Waals surface area contributed by atoms with E-state index in [1.807, 2.05) is 30.3 Å². The van der Waals surface area contributed by atoms with Crippen LogP contribution in [0.4, 0.5) is 4.39 Å². The molecule has 3 rings (SSSR count). The van der Waals surface area contributed by atoms with Crippen LogP contribution >= 0.6 is 0 Å². The Morgan fingerprint density at radius 2 is 1.50 bits per heavy atom. The molecule has 0 fully saturated rings. The fourth-order valence-electron chi connectivity index (χ4n) is 2.71. The average molecular weight is 352 g/mol. The number of nitrogens with two attached hydrogens (primary N) is 1. The molecular formula is C22H23FNO2+. The van der Waals surface area contributed by atoms with Crippen LogP contribution in [0.25, 0.3) is 0 Å². The number of halogens is 1. The van der Waals surface area contributed by atoms with E-state index in [0.29, 0.717) is 6.61 Å². The highest BCUT2D eigenvalue weighted by Crippen LogP contribution is 2.18. The molecule has 0 aromatic heterocycles. The number of benzene rings is 3. The first kappa shape index (κ1) is 18.0. The van der Waals surface area contributed by atoms with Crippen molar-refractivity contribution in [3.8, 4) is 11.5 Å². The van der Waals surface area contributed by atoms with Gasteiger partial charge in [-0.3, -0.25) is 0 Å². The summed E-state index contributed by atoms with van der Waals surface area (Å²) in [6.45, 7) is 2.14. The Balaban J connectivity index is 1.55. The number of para-hydroxylation sites is 1. The molecule has 0 amide bonds. The minimum Gasteiger partial charge on any atom is -0.497 e. The molecule has 0 bridgehead atoms. The van der Waals surface area contributed by atoms with Gasteiger partial charge in [-0.2, -0.15) is 0 Å². The molecule has 0 spiro atoms. The molecule has 3 nitrogen and oxygen atoms in total. The molecule has 0 atom stereocenters. The van der Waals surface area contributed by atoms with Gasteiger partial charge in [0, 0.05) is 11.1 Å². The van der Waals surface area contributed by atoms with E-state index in [-0.39, 0.29) is 5.82 Å². The van der Waals surface area contributed by atoms with Crippen molar-refractivity contribution >= 4 is 0 Å². The number of hydrogen-bond donors (Lipinski definition) is 1. The Hall–Kier alpha value is -2.85. The van der Waals surface area contributed by atoms with E-state index in [9.17, 15) is 4.39 Å². The molecule has 0 aliphatic rings. The van der Waals surface area contributed by atoms with Crippen molar-refractivity contribution < 1.29 is 19.2 Å². The third-order valence-electron chi connectivity index (χ3n) is 4.18. The van der Waals surface area contributed by atoms with Crippen LogP contribution in [0.5, 0.6) is 11.5 Å². The van der Waals surface area contributed by atoms with Crippen molar-refractivity contribution in [2.75, 3.05) is 7.11 Å². The molecule has 0 radical (unpaired) electrons. The average Bonchev–Trinajstić information content (AvgIpc) is 2.69. The zero-order chi connectivity index (χ0) is 18.2. The van der Waals surface area contributed by atoms with Crippen LogP contribution in [0, 0.1) is 5.82 Å². The first-order valence-electron chi connectivity index (χ1n) is 8.64. The SMILES string of the molecule is COc1ccc(C[NH2+]Cc2ccccc2OCc2ccc(F)cc2)cc1. The van der Waals surface area contributed by atoms with E-state index in [0.717, 1.165) is 35.7 Å². The second-order valence-electron chi connectivity index (χ2n) is 6.07. The van der Waals surface area contributed by atoms with E-state index in [1.54, 1.807) is 19.2 Å². The lowest BCUT2D eigenvalue weighted by atomic mass is 10.1. The van der Waals surface area contributed by atoms with Gasteiger partial charge in [0.15, 0.2) is 0 Å². The zero-order valence-electron chi connectivity index (χ0n) is 14.8. The summed E-state index contributed by atoms with van der Waals surface area (Å²) >= 11 is 0. The van der Waals surface area contributed by atoms with E-state index >= 15 is 0 Å². The normalized spacial score (nSPS) is 10.5. The largest absolute Gasteiger partial charge is 0.497 e. The number of ether oxygens (including phenoxy) is 2. The molecule has 0 heterocycles. The number of rotatable bonds is 8. The second kappa shape index (κ2) is 9.02. The monoisotopic (exact) mass is 352 g/mol. The van der Waals surface area contributed by atoms with Gasteiger partial charge in [-0.05, 0) is 54.1 Å². The summed E-state index contributed by atoms with van der Waals surface area (Å²) in [7, 11) is 1.67. The summed E-state index contributed by atoms with van der Waals surface area (Å²) in [4.78, 5) is 0. The number of hydrogen-bond acceptors (Lipinski definition) is 2. The molecule has 2 N–H and O–H groups in total. The predicted octanol–water partition coefficient (Wildman–Crippen LogP) is 3.68. The Kier molecular flexibility index (Phi) is 6.23. The number of quaternary nitrogens is 1. The summed E-state index contributed by atoms with van der Waals surface area (Å²) < 4.78 is 24.1. The van der Waals surface area contributed by atoms with Crippen LogP contribution < -0.4 is 14.8 Å². The summed E-state index contributed by atoms with van der Waals surface area (Å²) in [5.74, 6) is 1.50. The topological polar surface area (TPSA) is 35.1 Å². The van der Waals surface area contributed by atoms with Crippen molar-refractivity contribution in [3.63, 3.8) is 0 Å². The third-order valence-corrected chi connectivity index (χ3v) is 4.18. The Bertz CT molecular complexity index is 816. The van der Waals surface area contributed by atoms with Crippen molar-refractivity contribution in [3.05, 3.63) is 95.3 Å². The molecule has 134 valence electrons. The van der Waals surface area contributed by atoms with E-state index in [2.05, 4.69) is 23.5 Å². The van der Waals surface area contributed by atoms with Crippen molar-refractivity contribution in [1.82, 2.24) is 0 Å². The maximum Gasteiger partial charge on any atom is 0.128 e.